The van der Waals surface area contributed by atoms with Crippen molar-refractivity contribution in [2.45, 2.75) is 42.5 Å². The first-order chi connectivity index (χ1) is 16.9. The molecule has 0 saturated carbocycles. The van der Waals surface area contributed by atoms with Crippen molar-refractivity contribution < 1.29 is 13.2 Å². The molecule has 0 aliphatic carbocycles. The van der Waals surface area contributed by atoms with Crippen LogP contribution >= 0.6 is 11.8 Å². The van der Waals surface area contributed by atoms with E-state index >= 15 is 0 Å². The predicted molar refractivity (Wildman–Crippen MR) is 140 cm³/mol. The Hall–Kier alpha value is -3.10. The molecule has 0 unspecified atom stereocenters. The van der Waals surface area contributed by atoms with E-state index in [-0.39, 0.29) is 10.6 Å². The van der Waals surface area contributed by atoms with E-state index in [4.69, 9.17) is 4.74 Å². The molecule has 182 valence electrons. The number of rotatable bonds is 11. The zero-order valence-electron chi connectivity index (χ0n) is 19.9. The molecule has 8 heteroatoms. The van der Waals surface area contributed by atoms with Crippen LogP contribution in [0.2, 0.25) is 0 Å². The van der Waals surface area contributed by atoms with E-state index in [1.54, 1.807) is 36.0 Å². The first-order valence-corrected chi connectivity index (χ1v) is 14.2. The molecule has 3 aromatic carbocycles. The third kappa shape index (κ3) is 6.74. The van der Waals surface area contributed by atoms with E-state index < -0.39 is 9.84 Å². The summed E-state index contributed by atoms with van der Waals surface area (Å²) in [4.78, 5) is 0.286. The highest BCUT2D eigenvalue weighted by atomic mass is 32.2. The molecule has 1 heterocycles. The normalized spacial score (nSPS) is 11.5. The van der Waals surface area contributed by atoms with Gasteiger partial charge in [0.05, 0.1) is 11.5 Å². The molecule has 0 bridgehead atoms. The summed E-state index contributed by atoms with van der Waals surface area (Å²) in [7, 11) is -3.56. The van der Waals surface area contributed by atoms with Crippen molar-refractivity contribution in [3.8, 4) is 11.4 Å². The molecule has 0 aliphatic rings. The van der Waals surface area contributed by atoms with Gasteiger partial charge in [0, 0.05) is 11.4 Å². The van der Waals surface area contributed by atoms with Gasteiger partial charge < -0.3 is 4.74 Å². The molecule has 6 nitrogen and oxygen atoms in total. The van der Waals surface area contributed by atoms with E-state index in [1.165, 1.54) is 5.56 Å². The summed E-state index contributed by atoms with van der Waals surface area (Å²) in [5.74, 6) is 1.90. The summed E-state index contributed by atoms with van der Waals surface area (Å²) < 4.78 is 33.8. The largest absolute Gasteiger partial charge is 0.494 e. The van der Waals surface area contributed by atoms with Gasteiger partial charge in [0.15, 0.2) is 20.8 Å². The predicted octanol–water partition coefficient (Wildman–Crippen LogP) is 5.81. The number of sulfone groups is 1. The Bertz CT molecular complexity index is 1350. The molecule has 0 amide bonds. The molecule has 0 spiro atoms. The third-order valence-electron chi connectivity index (χ3n) is 5.44. The average molecular weight is 508 g/mol. The fourth-order valence-corrected chi connectivity index (χ4v) is 5.80. The maximum Gasteiger partial charge on any atom is 0.195 e. The fourth-order valence-electron chi connectivity index (χ4n) is 3.59. The van der Waals surface area contributed by atoms with Crippen LogP contribution in [0.1, 0.15) is 29.8 Å². The van der Waals surface area contributed by atoms with Crippen molar-refractivity contribution in [2.75, 3.05) is 12.4 Å². The number of hydrogen-bond donors (Lipinski definition) is 0. The number of ether oxygens (including phenoxy) is 1. The maximum absolute atomic E-state index is 13.1. The van der Waals surface area contributed by atoms with Crippen molar-refractivity contribution in [3.05, 3.63) is 95.8 Å². The zero-order valence-corrected chi connectivity index (χ0v) is 21.6. The molecule has 0 aliphatic heterocycles. The quantitative estimate of drug-likeness (QED) is 0.188. The highest BCUT2D eigenvalue weighted by Gasteiger charge is 2.22. The average Bonchev–Trinajstić information content (AvgIpc) is 3.23. The van der Waals surface area contributed by atoms with Gasteiger partial charge in [0.2, 0.25) is 0 Å². The van der Waals surface area contributed by atoms with Crippen LogP contribution in [0, 0.1) is 13.8 Å². The molecule has 0 saturated heterocycles. The van der Waals surface area contributed by atoms with Gasteiger partial charge >= 0.3 is 0 Å². The summed E-state index contributed by atoms with van der Waals surface area (Å²) in [6, 6.07) is 24.6. The van der Waals surface area contributed by atoms with Gasteiger partial charge in [-0.15, -0.1) is 10.2 Å². The van der Waals surface area contributed by atoms with Crippen molar-refractivity contribution in [3.63, 3.8) is 0 Å². The second-order valence-corrected chi connectivity index (χ2v) is 11.4. The van der Waals surface area contributed by atoms with Gasteiger partial charge in [-0.1, -0.05) is 59.8 Å². The minimum Gasteiger partial charge on any atom is -0.494 e. The number of benzene rings is 3. The Kier molecular flexibility index (Phi) is 8.25. The fraction of sp³-hybridized carbons (Fsp3) is 0.259. The number of unbranched alkanes of at least 4 members (excludes halogenated alkanes) is 1. The lowest BCUT2D eigenvalue weighted by Gasteiger charge is -2.11. The lowest BCUT2D eigenvalue weighted by Crippen LogP contribution is -2.11. The van der Waals surface area contributed by atoms with E-state index in [9.17, 15) is 8.42 Å². The number of para-hydroxylation sites is 1. The van der Waals surface area contributed by atoms with E-state index in [2.05, 4.69) is 10.2 Å². The van der Waals surface area contributed by atoms with Gasteiger partial charge in [-0.3, -0.25) is 4.57 Å². The molecule has 0 radical (unpaired) electrons. The van der Waals surface area contributed by atoms with Gasteiger partial charge in [-0.25, -0.2) is 8.42 Å². The molecular weight excluding hydrogens is 478 g/mol. The summed E-state index contributed by atoms with van der Waals surface area (Å²) in [6.07, 6.45) is 1.85. The molecular formula is C27H29N3O3S2. The SMILES string of the molecule is Cc1ccc(S(=O)(=O)Cc2nnc(SCCCCOc3cccc(C)c3)n2-c2ccccc2)cc1. The van der Waals surface area contributed by atoms with Crippen molar-refractivity contribution in [1.82, 2.24) is 14.8 Å². The van der Waals surface area contributed by atoms with Crippen LogP contribution in [-0.4, -0.2) is 35.5 Å². The number of aryl methyl sites for hydroxylation is 2. The van der Waals surface area contributed by atoms with Crippen LogP contribution in [-0.2, 0) is 15.6 Å². The minimum atomic E-state index is -3.56. The van der Waals surface area contributed by atoms with E-state index in [0.29, 0.717) is 17.6 Å². The highest BCUT2D eigenvalue weighted by Crippen LogP contribution is 2.25. The number of aromatic nitrogens is 3. The highest BCUT2D eigenvalue weighted by molar-refractivity contribution is 7.99. The van der Waals surface area contributed by atoms with Crippen molar-refractivity contribution in [1.29, 1.82) is 0 Å². The minimum absolute atomic E-state index is 0.219. The number of nitrogens with zero attached hydrogens (tertiary/aromatic N) is 3. The Morgan fingerprint density at radius 2 is 1.63 bits per heavy atom. The van der Waals surface area contributed by atoms with Crippen LogP contribution in [0.3, 0.4) is 0 Å². The van der Waals surface area contributed by atoms with Crippen LogP contribution in [0.15, 0.2) is 88.9 Å². The van der Waals surface area contributed by atoms with Crippen LogP contribution in [0.5, 0.6) is 5.75 Å². The monoisotopic (exact) mass is 507 g/mol. The maximum atomic E-state index is 13.1. The molecule has 4 aromatic rings. The molecule has 4 rings (SSSR count). The van der Waals surface area contributed by atoms with Crippen LogP contribution < -0.4 is 4.74 Å². The first-order valence-electron chi connectivity index (χ1n) is 11.5. The molecule has 0 N–H and O–H groups in total. The Morgan fingerprint density at radius 3 is 2.37 bits per heavy atom. The zero-order chi connectivity index (χ0) is 24.7. The van der Waals surface area contributed by atoms with Gasteiger partial charge in [-0.05, 0) is 68.7 Å². The Labute approximate surface area is 211 Å². The summed E-state index contributed by atoms with van der Waals surface area (Å²) >= 11 is 1.57. The van der Waals surface area contributed by atoms with E-state index in [1.807, 2.05) is 73.0 Å². The second-order valence-electron chi connectivity index (χ2n) is 8.36. The third-order valence-corrected chi connectivity index (χ3v) is 8.09. The van der Waals surface area contributed by atoms with Gasteiger partial charge in [0.1, 0.15) is 11.5 Å². The Morgan fingerprint density at radius 1 is 0.857 bits per heavy atom. The summed E-state index contributed by atoms with van der Waals surface area (Å²) in [5.41, 5.74) is 3.04. The number of hydrogen-bond acceptors (Lipinski definition) is 6. The topological polar surface area (TPSA) is 74.1 Å². The smallest absolute Gasteiger partial charge is 0.195 e. The van der Waals surface area contributed by atoms with Crippen molar-refractivity contribution >= 4 is 21.6 Å². The molecule has 35 heavy (non-hydrogen) atoms. The standard InChI is InChI=1S/C27H29N3O3S2/c1-21-13-15-25(16-14-21)35(31,32)20-26-28-29-27(30(26)23-10-4-3-5-11-23)34-18-7-6-17-33-24-12-8-9-22(2)19-24/h3-5,8-16,19H,6-7,17-18,20H2,1-2H3. The summed E-state index contributed by atoms with van der Waals surface area (Å²) in [6.45, 7) is 4.63. The van der Waals surface area contributed by atoms with Gasteiger partial charge in [0.25, 0.3) is 0 Å². The first kappa shape index (κ1) is 25.0. The molecule has 1 aromatic heterocycles. The Balaban J connectivity index is 1.42. The second kappa shape index (κ2) is 11.6. The van der Waals surface area contributed by atoms with E-state index in [0.717, 1.165) is 35.6 Å². The van der Waals surface area contributed by atoms with Crippen molar-refractivity contribution in [2.24, 2.45) is 0 Å². The molecule has 0 fully saturated rings. The number of thioether (sulfide) groups is 1. The van der Waals surface area contributed by atoms with Crippen LogP contribution in [0.25, 0.3) is 5.69 Å². The summed E-state index contributed by atoms with van der Waals surface area (Å²) in [5, 5.41) is 9.30. The molecule has 0 atom stereocenters. The van der Waals surface area contributed by atoms with Gasteiger partial charge in [-0.2, -0.15) is 0 Å². The van der Waals surface area contributed by atoms with Crippen LogP contribution in [0.4, 0.5) is 0 Å². The lowest BCUT2D eigenvalue weighted by atomic mass is 10.2. The lowest BCUT2D eigenvalue weighted by molar-refractivity contribution is 0.309.